The Kier molecular flexibility index (Phi) is 4.83. The molecule has 1 aliphatic heterocycles. The van der Waals surface area contributed by atoms with E-state index in [4.69, 9.17) is 5.73 Å². The normalized spacial score (nSPS) is 15.4. The molecule has 1 aliphatic rings. The summed E-state index contributed by atoms with van der Waals surface area (Å²) < 4.78 is 2.07. The minimum Gasteiger partial charge on any atom is -0.365 e. The first kappa shape index (κ1) is 17.8. The molecule has 10 nitrogen and oxygen atoms in total. The smallest absolute Gasteiger partial charge is 0.288 e. The van der Waals surface area contributed by atoms with E-state index in [0.29, 0.717) is 18.9 Å². The number of primary amides is 1. The largest absolute Gasteiger partial charge is 0.365 e. The first-order valence-corrected chi connectivity index (χ1v) is 8.47. The third-order valence-electron chi connectivity index (χ3n) is 4.65. The van der Waals surface area contributed by atoms with Gasteiger partial charge in [0.15, 0.2) is 0 Å². The Morgan fingerprint density at radius 2 is 2.08 bits per heavy atom. The van der Waals surface area contributed by atoms with Crippen LogP contribution in [0.2, 0.25) is 0 Å². The Morgan fingerprint density at radius 3 is 2.65 bits per heavy atom. The number of nitro groups is 1. The predicted octanol–water partition coefficient (Wildman–Crippen LogP) is 1.65. The minimum absolute atomic E-state index is 0.0722. The van der Waals surface area contributed by atoms with Gasteiger partial charge in [-0.3, -0.25) is 14.9 Å². The van der Waals surface area contributed by atoms with E-state index >= 15 is 0 Å². The molecule has 0 bridgehead atoms. The van der Waals surface area contributed by atoms with Crippen molar-refractivity contribution >= 4 is 17.4 Å². The second-order valence-electron chi connectivity index (χ2n) is 6.64. The van der Waals surface area contributed by atoms with Crippen molar-refractivity contribution in [3.05, 3.63) is 40.1 Å². The van der Waals surface area contributed by atoms with E-state index in [-0.39, 0.29) is 23.2 Å². The van der Waals surface area contributed by atoms with Crippen LogP contribution >= 0.6 is 0 Å². The minimum atomic E-state index is -0.724. The van der Waals surface area contributed by atoms with Crippen molar-refractivity contribution in [2.24, 2.45) is 5.73 Å². The molecule has 3 rings (SSSR count). The van der Waals surface area contributed by atoms with Crippen LogP contribution in [0.1, 0.15) is 54.8 Å². The lowest BCUT2D eigenvalue weighted by Gasteiger charge is -2.33. The quantitative estimate of drug-likeness (QED) is 0.633. The molecule has 0 aliphatic carbocycles. The zero-order valence-electron chi connectivity index (χ0n) is 14.7. The molecule has 0 aromatic carbocycles. The summed E-state index contributed by atoms with van der Waals surface area (Å²) in [5.74, 6) is 0.905. The molecular weight excluding hydrogens is 338 g/mol. The average molecular weight is 359 g/mol. The summed E-state index contributed by atoms with van der Waals surface area (Å²) in [6.45, 7) is 5.48. The van der Waals surface area contributed by atoms with E-state index in [1.165, 1.54) is 6.07 Å². The zero-order valence-corrected chi connectivity index (χ0v) is 14.7. The Labute approximate surface area is 150 Å². The number of anilines is 1. The molecule has 0 atom stereocenters. The number of pyridine rings is 1. The Hall–Kier alpha value is -3.04. The van der Waals surface area contributed by atoms with Crippen molar-refractivity contribution in [1.29, 1.82) is 0 Å². The number of hydrogen-bond acceptors (Lipinski definition) is 7. The van der Waals surface area contributed by atoms with Gasteiger partial charge in [-0.1, -0.05) is 0 Å². The van der Waals surface area contributed by atoms with Crippen LogP contribution in [-0.2, 0) is 0 Å². The molecule has 10 heteroatoms. The Bertz CT molecular complexity index is 825. The van der Waals surface area contributed by atoms with Crippen LogP contribution in [0.5, 0.6) is 0 Å². The number of carbonyl (C=O) groups is 1. The lowest BCUT2D eigenvalue weighted by atomic mass is 9.95. The molecule has 26 heavy (non-hydrogen) atoms. The van der Waals surface area contributed by atoms with Crippen LogP contribution in [0.25, 0.3) is 0 Å². The molecule has 1 amide bonds. The van der Waals surface area contributed by atoms with Crippen molar-refractivity contribution in [1.82, 2.24) is 19.7 Å². The molecule has 0 spiro atoms. The third-order valence-corrected chi connectivity index (χ3v) is 4.65. The van der Waals surface area contributed by atoms with Gasteiger partial charge in [0, 0.05) is 31.1 Å². The zero-order chi connectivity index (χ0) is 18.8. The van der Waals surface area contributed by atoms with Crippen molar-refractivity contribution in [3.63, 3.8) is 0 Å². The van der Waals surface area contributed by atoms with Crippen LogP contribution in [0.4, 0.5) is 11.5 Å². The van der Waals surface area contributed by atoms with Gasteiger partial charge in [0.25, 0.3) is 11.6 Å². The summed E-state index contributed by atoms with van der Waals surface area (Å²) >= 11 is 0. The lowest BCUT2D eigenvalue weighted by Crippen LogP contribution is -2.36. The number of nitrogens with zero attached hydrogens (tertiary/aromatic N) is 6. The number of rotatable bonds is 5. The summed E-state index contributed by atoms with van der Waals surface area (Å²) in [6, 6.07) is 1.47. The second kappa shape index (κ2) is 7.06. The fourth-order valence-corrected chi connectivity index (χ4v) is 3.27. The molecule has 138 valence electrons. The van der Waals surface area contributed by atoms with Gasteiger partial charge in [-0.2, -0.15) is 0 Å². The molecular formula is C16H21N7O3. The molecule has 1 saturated heterocycles. The highest BCUT2D eigenvalue weighted by molar-refractivity contribution is 5.98. The fraction of sp³-hybridized carbons (Fsp3) is 0.500. The highest BCUT2D eigenvalue weighted by Gasteiger charge is 2.28. The van der Waals surface area contributed by atoms with Crippen LogP contribution in [0, 0.1) is 10.1 Å². The summed E-state index contributed by atoms with van der Waals surface area (Å²) in [5.41, 5.74) is 5.22. The van der Waals surface area contributed by atoms with Crippen LogP contribution in [0.3, 0.4) is 0 Å². The lowest BCUT2D eigenvalue weighted by molar-refractivity contribution is -0.385. The van der Waals surface area contributed by atoms with Gasteiger partial charge in [0.2, 0.25) is 0 Å². The van der Waals surface area contributed by atoms with E-state index in [1.54, 1.807) is 6.33 Å². The molecule has 2 N–H and O–H groups in total. The Morgan fingerprint density at radius 1 is 1.38 bits per heavy atom. The number of hydrogen-bond donors (Lipinski definition) is 1. The summed E-state index contributed by atoms with van der Waals surface area (Å²) in [5, 5.41) is 19.2. The number of carbonyl (C=O) groups excluding carboxylic acids is 1. The van der Waals surface area contributed by atoms with Gasteiger partial charge >= 0.3 is 0 Å². The summed E-state index contributed by atoms with van der Waals surface area (Å²) in [6.07, 6.45) is 4.54. The molecule has 1 fully saturated rings. The van der Waals surface area contributed by atoms with Gasteiger partial charge < -0.3 is 15.2 Å². The van der Waals surface area contributed by atoms with E-state index in [1.807, 2.05) is 4.90 Å². The summed E-state index contributed by atoms with van der Waals surface area (Å²) in [7, 11) is 0. The topological polar surface area (TPSA) is 133 Å². The van der Waals surface area contributed by atoms with E-state index < -0.39 is 10.8 Å². The van der Waals surface area contributed by atoms with E-state index in [9.17, 15) is 14.9 Å². The monoisotopic (exact) mass is 359 g/mol. The molecule has 2 aromatic rings. The highest BCUT2D eigenvalue weighted by Crippen LogP contribution is 2.31. The van der Waals surface area contributed by atoms with Gasteiger partial charge in [0.05, 0.1) is 10.5 Å². The molecule has 3 heterocycles. The number of aromatic nitrogens is 4. The van der Waals surface area contributed by atoms with Gasteiger partial charge in [0.1, 0.15) is 24.2 Å². The van der Waals surface area contributed by atoms with Gasteiger partial charge in [-0.05, 0) is 26.7 Å². The predicted molar refractivity (Wildman–Crippen MR) is 94.0 cm³/mol. The SMILES string of the molecule is CC(C)n1cnnc1C1CCN(c2ncc([N+](=O)[O-])cc2C(N)=O)CC1. The highest BCUT2D eigenvalue weighted by atomic mass is 16.6. The first-order valence-electron chi connectivity index (χ1n) is 8.47. The number of nitrogens with two attached hydrogens (primary N) is 1. The van der Waals surface area contributed by atoms with Crippen LogP contribution in [-0.4, -0.2) is 43.7 Å². The van der Waals surface area contributed by atoms with Crippen LogP contribution in [0.15, 0.2) is 18.6 Å². The van der Waals surface area contributed by atoms with Crippen molar-refractivity contribution in [3.8, 4) is 0 Å². The van der Waals surface area contributed by atoms with Gasteiger partial charge in [-0.25, -0.2) is 4.98 Å². The molecule has 0 unspecified atom stereocenters. The van der Waals surface area contributed by atoms with Crippen LogP contribution < -0.4 is 10.6 Å². The van der Waals surface area contributed by atoms with E-state index in [2.05, 4.69) is 33.6 Å². The summed E-state index contributed by atoms with van der Waals surface area (Å²) in [4.78, 5) is 28.1. The number of amides is 1. The maximum absolute atomic E-state index is 11.7. The maximum atomic E-state index is 11.7. The van der Waals surface area contributed by atoms with Crippen molar-refractivity contribution in [2.75, 3.05) is 18.0 Å². The molecule has 0 saturated carbocycles. The van der Waals surface area contributed by atoms with Crippen molar-refractivity contribution < 1.29 is 9.72 Å². The second-order valence-corrected chi connectivity index (χ2v) is 6.64. The van der Waals surface area contributed by atoms with Crippen molar-refractivity contribution in [2.45, 2.75) is 38.6 Å². The van der Waals surface area contributed by atoms with E-state index in [0.717, 1.165) is 24.9 Å². The standard InChI is InChI=1S/C16H21N7O3/c1-10(2)22-9-19-20-15(22)11-3-5-21(6-4-11)16-13(14(17)24)7-12(8-18-16)23(25)26/h7-11H,3-6H2,1-2H3,(H2,17,24). The average Bonchev–Trinajstić information content (AvgIpc) is 3.11. The maximum Gasteiger partial charge on any atom is 0.288 e. The van der Waals surface area contributed by atoms with Gasteiger partial charge in [-0.15, -0.1) is 10.2 Å². The Balaban J connectivity index is 1.79. The third kappa shape index (κ3) is 3.35. The fourth-order valence-electron chi connectivity index (χ4n) is 3.27. The molecule has 0 radical (unpaired) electrons. The molecule has 2 aromatic heterocycles. The number of piperidine rings is 1. The first-order chi connectivity index (χ1) is 12.4.